The van der Waals surface area contributed by atoms with E-state index in [0.717, 1.165) is 0 Å². The van der Waals surface area contributed by atoms with Crippen LogP contribution in [-0.2, 0) is 4.79 Å². The van der Waals surface area contributed by atoms with E-state index in [1.807, 2.05) is 0 Å². The second-order valence-electron chi connectivity index (χ2n) is 0.204. The molecular weight excluding hydrogens is 366 g/mol. The molecule has 0 heterocycles. The van der Waals surface area contributed by atoms with Gasteiger partial charge in [0.05, 0.1) is 0 Å². The average molecular weight is 374 g/mol. The summed E-state index contributed by atoms with van der Waals surface area (Å²) in [6.07, 6.45) is 1.50. The largest absolute Gasteiger partial charge is 0.542 e. The van der Waals surface area contributed by atoms with Crippen LogP contribution in [-0.4, -0.2) is 11.6 Å². The molecule has 0 aliphatic carbocycles. The Hall–Kier alpha value is -1.70. The molecule has 0 atom stereocenters. The predicted octanol–water partition coefficient (Wildman–Crippen LogP) is 0.781. The summed E-state index contributed by atoms with van der Waals surface area (Å²) < 4.78 is 8.50. The van der Waals surface area contributed by atoms with Crippen molar-refractivity contribution in [3.05, 3.63) is 13.2 Å². The second-order valence-corrected chi connectivity index (χ2v) is 0.204. The van der Waals surface area contributed by atoms with Gasteiger partial charge in [0.1, 0.15) is 0 Å². The van der Waals surface area contributed by atoms with Gasteiger partial charge in [-0.25, -0.2) is 5.31 Å². The van der Waals surface area contributed by atoms with Crippen molar-refractivity contribution in [2.24, 2.45) is 0 Å². The smallest absolute Gasteiger partial charge is 0 e. The SMILES string of the molecule is C=C.C[C-]=O.OF.[Rf]. The normalized spacial score (nSPS) is 2.88. The molecule has 0 spiro atoms. The molecule has 0 fully saturated rings. The minimum Gasteiger partial charge on any atom is -0.542 e. The Morgan fingerprint density at radius 2 is 1.50 bits per heavy atom. The van der Waals surface area contributed by atoms with Crippen LogP contribution >= 0.6 is 0 Å². The van der Waals surface area contributed by atoms with Crippen molar-refractivity contribution in [3.8, 4) is 0 Å². The van der Waals surface area contributed by atoms with Gasteiger partial charge in [-0.05, 0) is 0 Å². The van der Waals surface area contributed by atoms with Crippen molar-refractivity contribution in [2.75, 3.05) is 0 Å². The number of carbonyl (C=O) groups excluding carboxylic acids is 1. The van der Waals surface area contributed by atoms with Crippen LogP contribution < -0.4 is 0 Å². The molecule has 0 aromatic heterocycles. The molecule has 0 amide bonds. The topological polar surface area (TPSA) is 37.3 Å². The number of halogens is 1. The molecule has 0 radical (unpaired) electrons. The van der Waals surface area contributed by atoms with Gasteiger partial charge in [0.15, 0.2) is 0 Å². The van der Waals surface area contributed by atoms with E-state index in [2.05, 4.69) is 13.2 Å². The van der Waals surface area contributed by atoms with Crippen LogP contribution in [0.3, 0.4) is 0 Å². The first-order valence-corrected chi connectivity index (χ1v) is 1.37. The summed E-state index contributed by atoms with van der Waals surface area (Å²) in [5.41, 5.74) is 0. The Kier molecular flexibility index (Phi) is 836. The van der Waals surface area contributed by atoms with Crippen molar-refractivity contribution >= 4 is 6.29 Å². The number of rotatable bonds is 0. The van der Waals surface area contributed by atoms with Crippen LogP contribution in [0.5, 0.6) is 0 Å². The summed E-state index contributed by atoms with van der Waals surface area (Å²) in [6, 6.07) is 0. The molecule has 0 aliphatic rings. The third kappa shape index (κ3) is 16.2. The summed E-state index contributed by atoms with van der Waals surface area (Å²) in [6.45, 7) is 7.32. The van der Waals surface area contributed by atoms with E-state index in [1.165, 1.54) is 13.2 Å². The van der Waals surface area contributed by atoms with Gasteiger partial charge in [-0.15, -0.1) is 13.2 Å². The van der Waals surface area contributed by atoms with Crippen molar-refractivity contribution < 1.29 is 14.6 Å². The first-order chi connectivity index (χ1) is 3.41. The fourth-order valence-electron chi connectivity index (χ4n) is 0. The minimum absolute atomic E-state index is 0. The van der Waals surface area contributed by atoms with E-state index in [4.69, 9.17) is 14.6 Å². The Labute approximate surface area is 42.2 Å². The molecule has 4 heteroatoms. The quantitative estimate of drug-likeness (QED) is 0.503. The fraction of sp³-hybridized carbons (Fsp3) is 0.250. The van der Waals surface area contributed by atoms with E-state index >= 15 is 0 Å². The van der Waals surface area contributed by atoms with Gasteiger partial charge in [-0.1, -0.05) is 4.53 Å². The van der Waals surface area contributed by atoms with Crippen LogP contribution in [0.15, 0.2) is 13.2 Å². The molecule has 46 valence electrons. The average Bonchev–Trinajstić information content (AvgIpc) is 1.78. The first-order valence-electron chi connectivity index (χ1n) is 1.37. The van der Waals surface area contributed by atoms with Gasteiger partial charge in [-0.3, -0.25) is 6.29 Å². The second kappa shape index (κ2) is 200. The van der Waals surface area contributed by atoms with Gasteiger partial charge < -0.3 is 4.79 Å². The Balaban J connectivity index is -0.0000000147. The van der Waals surface area contributed by atoms with Crippen LogP contribution in [0, 0.1) is 0 Å². The summed E-state index contributed by atoms with van der Waals surface area (Å²) in [7, 11) is 0. The Bertz CT molecular complexity index is 28.0. The van der Waals surface area contributed by atoms with Gasteiger partial charge in [0.2, 0.25) is 0 Å². The Morgan fingerprint density at radius 3 is 1.50 bits per heavy atom. The van der Waals surface area contributed by atoms with E-state index in [9.17, 15) is 0 Å². The maximum atomic E-state index is 8.68. The third-order valence-electron chi connectivity index (χ3n) is 0. The summed E-state index contributed by atoms with van der Waals surface area (Å²) >= 11 is 0. The van der Waals surface area contributed by atoms with Gasteiger partial charge in [-0.2, -0.15) is 6.92 Å². The van der Waals surface area contributed by atoms with E-state index in [0.29, 0.717) is 0 Å². The van der Waals surface area contributed by atoms with Crippen LogP contribution in [0.1, 0.15) is 6.92 Å². The summed E-state index contributed by atoms with van der Waals surface area (Å²) in [4.78, 5) is 8.68. The summed E-state index contributed by atoms with van der Waals surface area (Å²) in [5, 5.41) is 5.50. The van der Waals surface area contributed by atoms with E-state index in [1.54, 1.807) is 0 Å². The van der Waals surface area contributed by atoms with Crippen LogP contribution in [0.25, 0.3) is 0 Å². The molecule has 0 saturated heterocycles. The van der Waals surface area contributed by atoms with Crippen molar-refractivity contribution in [2.45, 2.75) is 6.92 Å². The number of hydrogen-bond acceptors (Lipinski definition) is 2. The molecule has 1 N–H and O–H groups in total. The zero-order chi connectivity index (χ0) is 6.71. The molecule has 0 saturated carbocycles. The molecule has 8 heavy (non-hydrogen) atoms. The fourth-order valence-corrected chi connectivity index (χ4v) is 0. The summed E-state index contributed by atoms with van der Waals surface area (Å²) in [5.74, 6) is 0. The zero-order valence-electron chi connectivity index (χ0n) is 4.85. The van der Waals surface area contributed by atoms with E-state index < -0.39 is 0 Å². The molecule has 0 bridgehead atoms. The van der Waals surface area contributed by atoms with Gasteiger partial charge in [0.25, 0.3) is 0 Å². The standard InChI is InChI=1S/C2H3O.C2H4.FHO.Rf/c1-2-3;2*1-2;/h1H3;1-2H2;2H;/q-1;;;. The molecule has 0 aliphatic heterocycles. The van der Waals surface area contributed by atoms with Crippen molar-refractivity contribution in [3.63, 3.8) is 0 Å². The molecule has 0 rings (SSSR count). The third-order valence-corrected chi connectivity index (χ3v) is 0. The van der Waals surface area contributed by atoms with E-state index in [-0.39, 0.29) is 0 Å². The maximum absolute atomic E-state index is 8.68. The first kappa shape index (κ1) is 33.5. The van der Waals surface area contributed by atoms with Gasteiger partial charge in [0, 0.05) is 0 Å². The van der Waals surface area contributed by atoms with Crippen LogP contribution in [0.4, 0.5) is 4.53 Å². The van der Waals surface area contributed by atoms with Crippen molar-refractivity contribution in [1.29, 1.82) is 0 Å². The maximum Gasteiger partial charge on any atom is 0 e. The minimum atomic E-state index is 0. The molecule has 0 aromatic carbocycles. The molecule has 2 nitrogen and oxygen atoms in total. The molecule has 0 aromatic rings. The molecular formula is C4H8FO2Rf-. The molecule has 0 unspecified atom stereocenters. The predicted molar refractivity (Wildman–Crippen MR) is 25.9 cm³/mol. The van der Waals surface area contributed by atoms with Gasteiger partial charge >= 0.3 is 0 Å². The van der Waals surface area contributed by atoms with Crippen molar-refractivity contribution in [1.82, 2.24) is 0 Å². The van der Waals surface area contributed by atoms with Crippen LogP contribution in [0.2, 0.25) is 0 Å². The monoisotopic (exact) mass is 374 g/mol. The number of hydrogen-bond donors (Lipinski definition) is 1. The zero-order valence-corrected chi connectivity index (χ0v) is 11.3. The Morgan fingerprint density at radius 1 is 1.50 bits per heavy atom.